The fourth-order valence-corrected chi connectivity index (χ4v) is 3.87. The third-order valence-corrected chi connectivity index (χ3v) is 6.01. The van der Waals surface area contributed by atoms with E-state index >= 15 is 0 Å². The molecule has 0 N–H and O–H groups in total. The molecule has 1 aromatic heterocycles. The predicted octanol–water partition coefficient (Wildman–Crippen LogP) is 2.12. The van der Waals surface area contributed by atoms with E-state index in [1.807, 2.05) is 0 Å². The zero-order valence-corrected chi connectivity index (χ0v) is 14.3. The maximum atomic E-state index is 13.1. The van der Waals surface area contributed by atoms with Gasteiger partial charge in [0.05, 0.1) is 11.3 Å². The Labute approximate surface area is 143 Å². The Balaban J connectivity index is 1.96. The molecule has 1 fully saturated rings. The van der Waals surface area contributed by atoms with Gasteiger partial charge in [-0.1, -0.05) is 12.1 Å². The van der Waals surface area contributed by atoms with Crippen molar-refractivity contribution < 1.29 is 21.6 Å². The minimum atomic E-state index is -4.65. The Kier molecular flexibility index (Phi) is 4.58. The van der Waals surface area contributed by atoms with Gasteiger partial charge < -0.3 is 4.90 Å². The lowest BCUT2D eigenvalue weighted by Gasteiger charge is -2.35. The summed E-state index contributed by atoms with van der Waals surface area (Å²) in [5.74, 6) is -1.00. The first-order chi connectivity index (χ1) is 11.7. The van der Waals surface area contributed by atoms with Crippen LogP contribution in [-0.2, 0) is 16.2 Å². The third-order valence-electron chi connectivity index (χ3n) is 4.13. The maximum Gasteiger partial charge on any atom is 0.451 e. The lowest BCUT2D eigenvalue weighted by molar-refractivity contribution is -0.144. The summed E-state index contributed by atoms with van der Waals surface area (Å²) in [6.07, 6.45) is -4.65. The molecule has 0 aliphatic carbocycles. The van der Waals surface area contributed by atoms with E-state index in [1.165, 1.54) is 10.4 Å². The summed E-state index contributed by atoms with van der Waals surface area (Å²) in [6, 6.07) is 6.50. The molecule has 2 aromatic rings. The van der Waals surface area contributed by atoms with E-state index in [0.29, 0.717) is 5.39 Å². The summed E-state index contributed by atoms with van der Waals surface area (Å²) < 4.78 is 64.5. The molecule has 0 atom stereocenters. The number of fused-ring (bicyclic) bond motifs is 1. The quantitative estimate of drug-likeness (QED) is 0.823. The molecule has 1 aromatic carbocycles. The first-order valence-electron chi connectivity index (χ1n) is 7.79. The second kappa shape index (κ2) is 6.41. The Hall–Kier alpha value is -1.94. The van der Waals surface area contributed by atoms with Crippen molar-refractivity contribution in [3.8, 4) is 0 Å². The van der Waals surface area contributed by atoms with Crippen LogP contribution in [0.4, 0.5) is 19.0 Å². The van der Waals surface area contributed by atoms with Crippen LogP contribution in [0.5, 0.6) is 0 Å². The highest BCUT2D eigenvalue weighted by Gasteiger charge is 2.36. The van der Waals surface area contributed by atoms with Crippen LogP contribution in [0.1, 0.15) is 12.7 Å². The molecule has 2 heterocycles. The molecule has 0 unspecified atom stereocenters. The Morgan fingerprint density at radius 2 is 1.72 bits per heavy atom. The zero-order chi connectivity index (χ0) is 18.2. The van der Waals surface area contributed by atoms with Crippen molar-refractivity contribution >= 4 is 26.7 Å². The minimum Gasteiger partial charge on any atom is -0.353 e. The number of hydrogen-bond acceptors (Lipinski definition) is 5. The number of rotatable bonds is 3. The lowest BCUT2D eigenvalue weighted by atomic mass is 10.2. The van der Waals surface area contributed by atoms with Gasteiger partial charge in [-0.2, -0.15) is 17.5 Å². The van der Waals surface area contributed by atoms with Gasteiger partial charge in [0.15, 0.2) is 0 Å². The number of anilines is 1. The molecule has 6 nitrogen and oxygen atoms in total. The third kappa shape index (κ3) is 3.54. The van der Waals surface area contributed by atoms with Crippen LogP contribution in [0.2, 0.25) is 0 Å². The van der Waals surface area contributed by atoms with Crippen molar-refractivity contribution in [3.05, 3.63) is 30.1 Å². The highest BCUT2D eigenvalue weighted by Crippen LogP contribution is 2.32. The summed E-state index contributed by atoms with van der Waals surface area (Å²) in [5.41, 5.74) is 0.212. The van der Waals surface area contributed by atoms with Crippen LogP contribution in [0, 0.1) is 0 Å². The fraction of sp³-hybridized carbons (Fsp3) is 0.467. The van der Waals surface area contributed by atoms with E-state index in [9.17, 15) is 21.6 Å². The lowest BCUT2D eigenvalue weighted by Crippen LogP contribution is -2.49. The van der Waals surface area contributed by atoms with Crippen molar-refractivity contribution in [2.75, 3.05) is 36.8 Å². The predicted molar refractivity (Wildman–Crippen MR) is 87.8 cm³/mol. The number of nitrogens with zero attached hydrogens (tertiary/aromatic N) is 4. The molecule has 25 heavy (non-hydrogen) atoms. The molecule has 0 bridgehead atoms. The molecule has 0 radical (unpaired) electrons. The van der Waals surface area contributed by atoms with Gasteiger partial charge in [-0.25, -0.2) is 18.4 Å². The molecule has 0 amide bonds. The first-order valence-corrected chi connectivity index (χ1v) is 9.40. The number of alkyl halides is 3. The summed E-state index contributed by atoms with van der Waals surface area (Å²) in [6.45, 7) is 2.55. The number of para-hydroxylation sites is 1. The highest BCUT2D eigenvalue weighted by molar-refractivity contribution is 7.89. The maximum absolute atomic E-state index is 13.1. The first kappa shape index (κ1) is 17.9. The van der Waals surface area contributed by atoms with Gasteiger partial charge in [-0.3, -0.25) is 0 Å². The van der Waals surface area contributed by atoms with Crippen molar-refractivity contribution in [2.24, 2.45) is 0 Å². The standard InChI is InChI=1S/C15H17F3N4O2S/c1-2-25(23,24)22-9-7-21(8-10-22)13-11-5-3-4-6-12(11)19-14(20-13)15(16,17)18/h3-6H,2,7-10H2,1H3. The average Bonchev–Trinajstić information content (AvgIpc) is 2.60. The molecule has 1 aliphatic rings. The largest absolute Gasteiger partial charge is 0.451 e. The zero-order valence-electron chi connectivity index (χ0n) is 13.5. The van der Waals surface area contributed by atoms with Gasteiger partial charge >= 0.3 is 6.18 Å². The van der Waals surface area contributed by atoms with Gasteiger partial charge in [-0.05, 0) is 19.1 Å². The van der Waals surface area contributed by atoms with Gasteiger partial charge in [0.25, 0.3) is 0 Å². The minimum absolute atomic E-state index is 0.00165. The Morgan fingerprint density at radius 1 is 1.08 bits per heavy atom. The molecule has 0 saturated carbocycles. The smallest absolute Gasteiger partial charge is 0.353 e. The second-order valence-electron chi connectivity index (χ2n) is 5.67. The number of benzene rings is 1. The molecule has 1 saturated heterocycles. The molecular formula is C15H17F3N4O2S. The molecular weight excluding hydrogens is 357 g/mol. The fourth-order valence-electron chi connectivity index (χ4n) is 2.79. The van der Waals surface area contributed by atoms with Gasteiger partial charge in [0.1, 0.15) is 5.82 Å². The topological polar surface area (TPSA) is 66.4 Å². The molecule has 10 heteroatoms. The van der Waals surface area contributed by atoms with Gasteiger partial charge in [0, 0.05) is 31.6 Å². The van der Waals surface area contributed by atoms with Crippen LogP contribution in [0.15, 0.2) is 24.3 Å². The van der Waals surface area contributed by atoms with Crippen molar-refractivity contribution in [2.45, 2.75) is 13.1 Å². The average molecular weight is 374 g/mol. The summed E-state index contributed by atoms with van der Waals surface area (Å²) in [4.78, 5) is 9.01. The number of aromatic nitrogens is 2. The van der Waals surface area contributed by atoms with Crippen molar-refractivity contribution in [1.29, 1.82) is 0 Å². The monoisotopic (exact) mass is 374 g/mol. The summed E-state index contributed by atoms with van der Waals surface area (Å²) in [7, 11) is -3.31. The molecule has 1 aliphatic heterocycles. The van der Waals surface area contributed by atoms with E-state index in [1.54, 1.807) is 30.0 Å². The summed E-state index contributed by atoms with van der Waals surface area (Å²) in [5, 5.41) is 0.516. The van der Waals surface area contributed by atoms with Crippen LogP contribution >= 0.6 is 0 Å². The second-order valence-corrected chi connectivity index (χ2v) is 7.93. The van der Waals surface area contributed by atoms with Crippen molar-refractivity contribution in [1.82, 2.24) is 14.3 Å². The number of halogens is 3. The van der Waals surface area contributed by atoms with E-state index in [4.69, 9.17) is 0 Å². The van der Waals surface area contributed by atoms with Gasteiger partial charge in [-0.15, -0.1) is 0 Å². The normalized spacial score (nSPS) is 17.2. The molecule has 0 spiro atoms. The SMILES string of the molecule is CCS(=O)(=O)N1CCN(c2nc(C(F)(F)F)nc3ccccc23)CC1. The van der Waals surface area contributed by atoms with Crippen LogP contribution in [0.3, 0.4) is 0 Å². The van der Waals surface area contributed by atoms with Crippen LogP contribution < -0.4 is 4.90 Å². The number of sulfonamides is 1. The van der Waals surface area contributed by atoms with Crippen LogP contribution in [0.25, 0.3) is 10.9 Å². The Morgan fingerprint density at radius 3 is 2.32 bits per heavy atom. The molecule has 3 rings (SSSR count). The number of hydrogen-bond donors (Lipinski definition) is 0. The van der Waals surface area contributed by atoms with Gasteiger partial charge in [0.2, 0.25) is 15.8 Å². The highest BCUT2D eigenvalue weighted by atomic mass is 32.2. The van der Waals surface area contributed by atoms with Crippen LogP contribution in [-0.4, -0.2) is 54.6 Å². The summed E-state index contributed by atoms with van der Waals surface area (Å²) >= 11 is 0. The molecule has 136 valence electrons. The Bertz CT molecular complexity index is 878. The number of piperazine rings is 1. The van der Waals surface area contributed by atoms with E-state index in [0.717, 1.165) is 0 Å². The van der Waals surface area contributed by atoms with E-state index in [2.05, 4.69) is 9.97 Å². The van der Waals surface area contributed by atoms with E-state index < -0.39 is 22.0 Å². The van der Waals surface area contributed by atoms with E-state index in [-0.39, 0.29) is 43.3 Å². The van der Waals surface area contributed by atoms with Crippen molar-refractivity contribution in [3.63, 3.8) is 0 Å².